The summed E-state index contributed by atoms with van der Waals surface area (Å²) in [6, 6.07) is 15.0. The highest BCUT2D eigenvalue weighted by Crippen LogP contribution is 2.24. The molecule has 19 heavy (non-hydrogen) atoms. The van der Waals surface area contributed by atoms with E-state index >= 15 is 0 Å². The monoisotopic (exact) mass is 256 g/mol. The van der Waals surface area contributed by atoms with Gasteiger partial charge in [0.25, 0.3) is 0 Å². The Morgan fingerprint density at radius 2 is 1.79 bits per heavy atom. The first-order valence-corrected chi connectivity index (χ1v) is 6.93. The van der Waals surface area contributed by atoms with E-state index in [4.69, 9.17) is 0 Å². The number of aliphatic hydroxyl groups is 1. The Morgan fingerprint density at radius 1 is 1.05 bits per heavy atom. The Labute approximate surface area is 113 Å². The first kappa shape index (κ1) is 12.6. The van der Waals surface area contributed by atoms with E-state index < -0.39 is 0 Å². The Morgan fingerprint density at radius 3 is 2.53 bits per heavy atom. The molecule has 0 saturated carbocycles. The molecule has 2 aromatic carbocycles. The SMILES string of the molecule is OC[C@@H](c1ccc2ccccc2c1)N1CCNCC1. The van der Waals surface area contributed by atoms with Crippen LogP contribution in [0.5, 0.6) is 0 Å². The predicted octanol–water partition coefficient (Wildman–Crippen LogP) is 1.78. The molecule has 3 heteroatoms. The van der Waals surface area contributed by atoms with Crippen LogP contribution in [0.4, 0.5) is 0 Å². The van der Waals surface area contributed by atoms with E-state index in [9.17, 15) is 5.11 Å². The fourth-order valence-corrected chi connectivity index (χ4v) is 2.84. The fraction of sp³-hybridized carbons (Fsp3) is 0.375. The van der Waals surface area contributed by atoms with Crippen molar-refractivity contribution in [2.45, 2.75) is 6.04 Å². The second-order valence-corrected chi connectivity index (χ2v) is 5.09. The summed E-state index contributed by atoms with van der Waals surface area (Å²) in [7, 11) is 0. The Hall–Kier alpha value is -1.42. The third-order valence-electron chi connectivity index (χ3n) is 3.92. The second kappa shape index (κ2) is 5.70. The molecule has 2 N–H and O–H groups in total. The lowest BCUT2D eigenvalue weighted by Gasteiger charge is -2.34. The molecule has 1 aliphatic heterocycles. The molecule has 1 heterocycles. The van der Waals surface area contributed by atoms with E-state index in [1.807, 2.05) is 0 Å². The van der Waals surface area contributed by atoms with Crippen LogP contribution in [0.15, 0.2) is 42.5 Å². The number of rotatable bonds is 3. The second-order valence-electron chi connectivity index (χ2n) is 5.09. The van der Waals surface area contributed by atoms with Gasteiger partial charge in [0, 0.05) is 26.2 Å². The van der Waals surface area contributed by atoms with Gasteiger partial charge in [-0.2, -0.15) is 0 Å². The van der Waals surface area contributed by atoms with Crippen molar-refractivity contribution in [1.82, 2.24) is 10.2 Å². The summed E-state index contributed by atoms with van der Waals surface area (Å²) >= 11 is 0. The van der Waals surface area contributed by atoms with Crippen molar-refractivity contribution in [2.24, 2.45) is 0 Å². The van der Waals surface area contributed by atoms with Gasteiger partial charge in [0.15, 0.2) is 0 Å². The molecule has 3 rings (SSSR count). The zero-order chi connectivity index (χ0) is 13.1. The molecular weight excluding hydrogens is 236 g/mol. The number of aliphatic hydroxyl groups excluding tert-OH is 1. The van der Waals surface area contributed by atoms with Crippen LogP contribution in [0.25, 0.3) is 10.8 Å². The first-order valence-electron chi connectivity index (χ1n) is 6.93. The lowest BCUT2D eigenvalue weighted by Crippen LogP contribution is -2.46. The number of hydrogen-bond acceptors (Lipinski definition) is 3. The molecule has 100 valence electrons. The van der Waals surface area contributed by atoms with Crippen LogP contribution in [0.2, 0.25) is 0 Å². The van der Waals surface area contributed by atoms with Crippen LogP contribution in [0, 0.1) is 0 Å². The summed E-state index contributed by atoms with van der Waals surface area (Å²) in [5.41, 5.74) is 1.21. The van der Waals surface area contributed by atoms with Gasteiger partial charge in [0.2, 0.25) is 0 Å². The van der Waals surface area contributed by atoms with Crippen LogP contribution < -0.4 is 5.32 Å². The topological polar surface area (TPSA) is 35.5 Å². The van der Waals surface area contributed by atoms with Crippen LogP contribution in [-0.4, -0.2) is 42.8 Å². The van der Waals surface area contributed by atoms with Gasteiger partial charge in [0.05, 0.1) is 12.6 Å². The van der Waals surface area contributed by atoms with Gasteiger partial charge < -0.3 is 10.4 Å². The molecule has 0 spiro atoms. The van der Waals surface area contributed by atoms with Crippen LogP contribution in [0.3, 0.4) is 0 Å². The highest BCUT2D eigenvalue weighted by molar-refractivity contribution is 5.83. The highest BCUT2D eigenvalue weighted by Gasteiger charge is 2.21. The van der Waals surface area contributed by atoms with E-state index in [2.05, 4.69) is 52.7 Å². The Bertz CT molecular complexity index is 549. The van der Waals surface area contributed by atoms with Gasteiger partial charge in [-0.25, -0.2) is 0 Å². The fourth-order valence-electron chi connectivity index (χ4n) is 2.84. The van der Waals surface area contributed by atoms with Crippen molar-refractivity contribution >= 4 is 10.8 Å². The lowest BCUT2D eigenvalue weighted by atomic mass is 10.0. The van der Waals surface area contributed by atoms with E-state index in [0.717, 1.165) is 26.2 Å². The molecule has 0 aliphatic carbocycles. The average Bonchev–Trinajstić information content (AvgIpc) is 2.49. The summed E-state index contributed by atoms with van der Waals surface area (Å²) in [6.07, 6.45) is 0. The normalized spacial score (nSPS) is 18.6. The summed E-state index contributed by atoms with van der Waals surface area (Å²) in [5.74, 6) is 0. The number of benzene rings is 2. The first-order chi connectivity index (χ1) is 9.38. The van der Waals surface area contributed by atoms with Crippen LogP contribution in [-0.2, 0) is 0 Å². The molecular formula is C16H20N2O. The van der Waals surface area contributed by atoms with Crippen molar-refractivity contribution in [3.05, 3.63) is 48.0 Å². The quantitative estimate of drug-likeness (QED) is 0.878. The minimum absolute atomic E-state index is 0.117. The zero-order valence-corrected chi connectivity index (χ0v) is 11.0. The smallest absolute Gasteiger partial charge is 0.0628 e. The molecule has 0 aromatic heterocycles. The van der Waals surface area contributed by atoms with E-state index in [0.29, 0.717) is 0 Å². The lowest BCUT2D eigenvalue weighted by molar-refractivity contribution is 0.111. The highest BCUT2D eigenvalue weighted by atomic mass is 16.3. The molecule has 0 bridgehead atoms. The van der Waals surface area contributed by atoms with Crippen molar-refractivity contribution in [2.75, 3.05) is 32.8 Å². The standard InChI is InChI=1S/C16H20N2O/c19-12-16(18-9-7-17-8-10-18)15-6-5-13-3-1-2-4-14(13)11-15/h1-6,11,16-17,19H,7-10,12H2/t16-/m0/s1. The molecule has 0 amide bonds. The molecule has 3 nitrogen and oxygen atoms in total. The number of nitrogens with zero attached hydrogens (tertiary/aromatic N) is 1. The Balaban J connectivity index is 1.91. The largest absolute Gasteiger partial charge is 0.394 e. The van der Waals surface area contributed by atoms with Gasteiger partial charge in [-0.15, -0.1) is 0 Å². The van der Waals surface area contributed by atoms with Gasteiger partial charge in [-0.1, -0.05) is 36.4 Å². The molecule has 1 atom stereocenters. The van der Waals surface area contributed by atoms with Crippen molar-refractivity contribution in [3.63, 3.8) is 0 Å². The molecule has 2 aromatic rings. The summed E-state index contributed by atoms with van der Waals surface area (Å²) in [6.45, 7) is 4.18. The minimum atomic E-state index is 0.117. The maximum atomic E-state index is 9.74. The Kier molecular flexibility index (Phi) is 3.78. The van der Waals surface area contributed by atoms with Gasteiger partial charge in [-0.05, 0) is 22.4 Å². The third-order valence-corrected chi connectivity index (χ3v) is 3.92. The minimum Gasteiger partial charge on any atom is -0.394 e. The third kappa shape index (κ3) is 2.63. The zero-order valence-electron chi connectivity index (χ0n) is 11.0. The number of nitrogens with one attached hydrogen (secondary N) is 1. The van der Waals surface area contributed by atoms with E-state index in [1.54, 1.807) is 0 Å². The van der Waals surface area contributed by atoms with Crippen LogP contribution >= 0.6 is 0 Å². The van der Waals surface area contributed by atoms with Crippen molar-refractivity contribution in [3.8, 4) is 0 Å². The maximum Gasteiger partial charge on any atom is 0.0628 e. The van der Waals surface area contributed by atoms with E-state index in [1.165, 1.54) is 16.3 Å². The van der Waals surface area contributed by atoms with E-state index in [-0.39, 0.29) is 12.6 Å². The summed E-state index contributed by atoms with van der Waals surface area (Å²) in [5, 5.41) is 15.6. The predicted molar refractivity (Wildman–Crippen MR) is 78.2 cm³/mol. The van der Waals surface area contributed by atoms with Crippen LogP contribution in [0.1, 0.15) is 11.6 Å². The average molecular weight is 256 g/mol. The molecule has 1 fully saturated rings. The van der Waals surface area contributed by atoms with Gasteiger partial charge in [-0.3, -0.25) is 4.90 Å². The van der Waals surface area contributed by atoms with Gasteiger partial charge in [0.1, 0.15) is 0 Å². The summed E-state index contributed by atoms with van der Waals surface area (Å²) < 4.78 is 0. The maximum absolute atomic E-state index is 9.74. The number of fused-ring (bicyclic) bond motifs is 1. The molecule has 0 radical (unpaired) electrons. The molecule has 1 saturated heterocycles. The number of piperazine rings is 1. The van der Waals surface area contributed by atoms with Crippen molar-refractivity contribution < 1.29 is 5.11 Å². The number of hydrogen-bond donors (Lipinski definition) is 2. The van der Waals surface area contributed by atoms with Crippen molar-refractivity contribution in [1.29, 1.82) is 0 Å². The van der Waals surface area contributed by atoms with Gasteiger partial charge >= 0.3 is 0 Å². The molecule has 0 unspecified atom stereocenters. The molecule has 1 aliphatic rings. The summed E-state index contributed by atoms with van der Waals surface area (Å²) in [4.78, 5) is 2.36.